The Balaban J connectivity index is 1.30. The molecule has 7 heteroatoms. The second-order valence-electron chi connectivity index (χ2n) is 7.34. The summed E-state index contributed by atoms with van der Waals surface area (Å²) >= 11 is 0. The molecule has 4 rings (SSSR count). The Bertz CT molecular complexity index is 961. The van der Waals surface area contributed by atoms with Gasteiger partial charge in [0.1, 0.15) is 11.3 Å². The Morgan fingerprint density at radius 2 is 1.97 bits per heavy atom. The van der Waals surface area contributed by atoms with Crippen LogP contribution in [0.4, 0.5) is 0 Å². The zero-order valence-electron chi connectivity index (χ0n) is 16.8. The molecule has 0 aliphatic carbocycles. The van der Waals surface area contributed by atoms with E-state index in [0.717, 1.165) is 67.5 Å². The third-order valence-corrected chi connectivity index (χ3v) is 5.22. The summed E-state index contributed by atoms with van der Waals surface area (Å²) in [5.41, 5.74) is 3.72. The van der Waals surface area contributed by atoms with E-state index in [1.165, 1.54) is 0 Å². The second kappa shape index (κ2) is 9.15. The summed E-state index contributed by atoms with van der Waals surface area (Å²) < 4.78 is 7.38. The van der Waals surface area contributed by atoms with Crippen molar-refractivity contribution in [2.24, 2.45) is 0 Å². The average molecular weight is 393 g/mol. The molecule has 3 heterocycles. The number of rotatable bonds is 7. The molecular formula is C22H27N5O2. The number of hydrogen-bond acceptors (Lipinski definition) is 5. The van der Waals surface area contributed by atoms with Gasteiger partial charge in [0.25, 0.3) is 0 Å². The minimum Gasteiger partial charge on any atom is -0.379 e. The quantitative estimate of drug-likeness (QED) is 0.623. The van der Waals surface area contributed by atoms with Crippen LogP contribution in [0, 0.1) is 6.92 Å². The molecule has 1 aliphatic rings. The van der Waals surface area contributed by atoms with Crippen molar-refractivity contribution in [3.8, 4) is 5.69 Å². The number of morpholine rings is 1. The lowest BCUT2D eigenvalue weighted by Gasteiger charge is -2.26. The summed E-state index contributed by atoms with van der Waals surface area (Å²) in [6, 6.07) is 11.9. The number of imidazole rings is 1. The van der Waals surface area contributed by atoms with Crippen LogP contribution in [-0.2, 0) is 16.0 Å². The molecule has 1 aliphatic heterocycles. The fourth-order valence-electron chi connectivity index (χ4n) is 3.70. The molecule has 1 amide bonds. The van der Waals surface area contributed by atoms with Crippen molar-refractivity contribution in [3.63, 3.8) is 0 Å². The van der Waals surface area contributed by atoms with Gasteiger partial charge in [-0.05, 0) is 49.7 Å². The molecular weight excluding hydrogens is 366 g/mol. The van der Waals surface area contributed by atoms with Gasteiger partial charge in [-0.2, -0.15) is 0 Å². The number of amides is 1. The van der Waals surface area contributed by atoms with E-state index >= 15 is 0 Å². The van der Waals surface area contributed by atoms with E-state index < -0.39 is 0 Å². The maximum Gasteiger partial charge on any atom is 0.224 e. The Morgan fingerprint density at radius 3 is 2.76 bits per heavy atom. The highest BCUT2D eigenvalue weighted by Gasteiger charge is 2.11. The fourth-order valence-corrected chi connectivity index (χ4v) is 3.70. The summed E-state index contributed by atoms with van der Waals surface area (Å²) in [5.74, 6) is 0.954. The SMILES string of the molecule is Cc1nc2cccnc2n1-c1ccc(CC(=O)NCCCN2CCOCC2)cc1. The number of aryl methyl sites for hydroxylation is 1. The molecule has 0 saturated carbocycles. The van der Waals surface area contributed by atoms with Gasteiger partial charge in [0.2, 0.25) is 5.91 Å². The van der Waals surface area contributed by atoms with Crippen molar-refractivity contribution in [2.45, 2.75) is 19.8 Å². The van der Waals surface area contributed by atoms with E-state index in [1.807, 2.05) is 47.9 Å². The van der Waals surface area contributed by atoms with Gasteiger partial charge in [0.15, 0.2) is 5.65 Å². The molecule has 29 heavy (non-hydrogen) atoms. The summed E-state index contributed by atoms with van der Waals surface area (Å²) in [4.78, 5) is 23.6. The van der Waals surface area contributed by atoms with Gasteiger partial charge in [-0.25, -0.2) is 9.97 Å². The molecule has 0 bridgehead atoms. The van der Waals surface area contributed by atoms with Crippen LogP contribution in [0.2, 0.25) is 0 Å². The number of aromatic nitrogens is 3. The van der Waals surface area contributed by atoms with E-state index in [-0.39, 0.29) is 5.91 Å². The molecule has 152 valence electrons. The van der Waals surface area contributed by atoms with Gasteiger partial charge in [-0.1, -0.05) is 12.1 Å². The van der Waals surface area contributed by atoms with E-state index in [9.17, 15) is 4.79 Å². The highest BCUT2D eigenvalue weighted by Crippen LogP contribution is 2.19. The van der Waals surface area contributed by atoms with Crippen LogP contribution >= 0.6 is 0 Å². The predicted octanol–water partition coefficient (Wildman–Crippen LogP) is 2.11. The highest BCUT2D eigenvalue weighted by atomic mass is 16.5. The van der Waals surface area contributed by atoms with Crippen molar-refractivity contribution >= 4 is 17.1 Å². The van der Waals surface area contributed by atoms with E-state index in [1.54, 1.807) is 6.20 Å². The Hall–Kier alpha value is -2.77. The largest absolute Gasteiger partial charge is 0.379 e. The number of benzene rings is 1. The predicted molar refractivity (Wildman–Crippen MR) is 112 cm³/mol. The van der Waals surface area contributed by atoms with Crippen molar-refractivity contribution in [1.29, 1.82) is 0 Å². The first-order chi connectivity index (χ1) is 14.2. The van der Waals surface area contributed by atoms with Crippen LogP contribution in [0.1, 0.15) is 17.8 Å². The Kier molecular flexibility index (Phi) is 6.17. The first kappa shape index (κ1) is 19.5. The Labute approximate surface area is 170 Å². The van der Waals surface area contributed by atoms with Crippen LogP contribution < -0.4 is 5.32 Å². The zero-order valence-corrected chi connectivity index (χ0v) is 16.8. The fraction of sp³-hybridized carbons (Fsp3) is 0.409. The van der Waals surface area contributed by atoms with Crippen molar-refractivity contribution in [1.82, 2.24) is 24.8 Å². The van der Waals surface area contributed by atoms with Gasteiger partial charge >= 0.3 is 0 Å². The van der Waals surface area contributed by atoms with E-state index in [0.29, 0.717) is 13.0 Å². The highest BCUT2D eigenvalue weighted by molar-refractivity contribution is 5.78. The summed E-state index contributed by atoms with van der Waals surface area (Å²) in [6.45, 7) is 7.29. The minimum atomic E-state index is 0.0608. The lowest BCUT2D eigenvalue weighted by Crippen LogP contribution is -2.38. The molecule has 3 aromatic rings. The topological polar surface area (TPSA) is 72.3 Å². The molecule has 0 spiro atoms. The monoisotopic (exact) mass is 393 g/mol. The van der Waals surface area contributed by atoms with Crippen molar-refractivity contribution in [3.05, 3.63) is 54.0 Å². The summed E-state index contributed by atoms with van der Waals surface area (Å²) in [7, 11) is 0. The van der Waals surface area contributed by atoms with Gasteiger partial charge in [0.05, 0.1) is 19.6 Å². The summed E-state index contributed by atoms with van der Waals surface area (Å²) in [6.07, 6.45) is 3.13. The van der Waals surface area contributed by atoms with Crippen LogP contribution in [0.25, 0.3) is 16.9 Å². The number of carbonyl (C=O) groups is 1. The van der Waals surface area contributed by atoms with Gasteiger partial charge in [-0.3, -0.25) is 14.3 Å². The van der Waals surface area contributed by atoms with Crippen molar-refractivity contribution < 1.29 is 9.53 Å². The standard InChI is InChI=1S/C22H27N5O2/c1-17-25-20-4-2-9-24-22(20)27(17)19-7-5-18(6-8-19)16-21(28)23-10-3-11-26-12-14-29-15-13-26/h2,4-9H,3,10-16H2,1H3,(H,23,28). The van der Waals surface area contributed by atoms with E-state index in [4.69, 9.17) is 4.74 Å². The lowest BCUT2D eigenvalue weighted by molar-refractivity contribution is -0.120. The molecule has 0 unspecified atom stereocenters. The number of fused-ring (bicyclic) bond motifs is 1. The normalized spacial score (nSPS) is 14.9. The number of nitrogens with zero attached hydrogens (tertiary/aromatic N) is 4. The molecule has 2 aromatic heterocycles. The molecule has 0 radical (unpaired) electrons. The Morgan fingerprint density at radius 1 is 1.17 bits per heavy atom. The van der Waals surface area contributed by atoms with Crippen LogP contribution in [0.5, 0.6) is 0 Å². The number of hydrogen-bond donors (Lipinski definition) is 1. The van der Waals surface area contributed by atoms with Crippen LogP contribution in [0.3, 0.4) is 0 Å². The average Bonchev–Trinajstić information content (AvgIpc) is 3.08. The lowest BCUT2D eigenvalue weighted by atomic mass is 10.1. The number of nitrogens with one attached hydrogen (secondary N) is 1. The van der Waals surface area contributed by atoms with Crippen molar-refractivity contribution in [2.75, 3.05) is 39.4 Å². The summed E-state index contributed by atoms with van der Waals surface area (Å²) in [5, 5.41) is 3.02. The number of carbonyl (C=O) groups excluding carboxylic acids is 1. The maximum absolute atomic E-state index is 12.2. The molecule has 0 atom stereocenters. The smallest absolute Gasteiger partial charge is 0.224 e. The second-order valence-corrected chi connectivity index (χ2v) is 7.34. The maximum atomic E-state index is 12.2. The molecule has 1 N–H and O–H groups in total. The van der Waals surface area contributed by atoms with Crippen LogP contribution in [-0.4, -0.2) is 64.7 Å². The molecule has 7 nitrogen and oxygen atoms in total. The minimum absolute atomic E-state index is 0.0608. The van der Waals surface area contributed by atoms with Crippen LogP contribution in [0.15, 0.2) is 42.6 Å². The van der Waals surface area contributed by atoms with Gasteiger partial charge in [-0.15, -0.1) is 0 Å². The zero-order chi connectivity index (χ0) is 20.1. The van der Waals surface area contributed by atoms with Gasteiger partial charge < -0.3 is 10.1 Å². The molecule has 1 aromatic carbocycles. The first-order valence-corrected chi connectivity index (χ1v) is 10.2. The first-order valence-electron chi connectivity index (χ1n) is 10.2. The number of ether oxygens (including phenoxy) is 1. The third kappa shape index (κ3) is 4.81. The molecule has 1 saturated heterocycles. The number of pyridine rings is 1. The third-order valence-electron chi connectivity index (χ3n) is 5.22. The van der Waals surface area contributed by atoms with E-state index in [2.05, 4.69) is 20.2 Å². The van der Waals surface area contributed by atoms with Gasteiger partial charge in [0, 0.05) is 31.5 Å². The molecule has 1 fully saturated rings.